The van der Waals surface area contributed by atoms with Gasteiger partial charge in [-0.15, -0.1) is 0 Å². The van der Waals surface area contributed by atoms with E-state index in [1.807, 2.05) is 11.1 Å². The van der Waals surface area contributed by atoms with Gasteiger partial charge in [0.25, 0.3) is 0 Å². The van der Waals surface area contributed by atoms with Gasteiger partial charge in [0.2, 0.25) is 0 Å². The van der Waals surface area contributed by atoms with E-state index < -0.39 is 0 Å². The summed E-state index contributed by atoms with van der Waals surface area (Å²) in [7, 11) is 0. The standard InChI is InChI=1S/C20H36/c1-19(2,3)17-11-7-15(8-12-17)16-9-13-18(14-10-16)20(4,5)6/h17-18H,7-14H2,1-6H3. The smallest absolute Gasteiger partial charge is 0.0315 e. The lowest BCUT2D eigenvalue weighted by atomic mass is 9.67. The number of hydrogen-bond donors (Lipinski definition) is 0. The molecule has 0 aromatic rings. The summed E-state index contributed by atoms with van der Waals surface area (Å²) in [6.07, 6.45) is 11.3. The van der Waals surface area contributed by atoms with Gasteiger partial charge in [0, 0.05) is 0 Å². The Labute approximate surface area is 127 Å². The Morgan fingerprint density at radius 3 is 1.00 bits per heavy atom. The van der Waals surface area contributed by atoms with Crippen molar-refractivity contribution in [1.82, 2.24) is 0 Å². The summed E-state index contributed by atoms with van der Waals surface area (Å²) < 4.78 is 0. The fourth-order valence-corrected chi connectivity index (χ4v) is 4.37. The normalized spacial score (nSPS) is 29.7. The third-order valence-corrected chi connectivity index (χ3v) is 6.13. The van der Waals surface area contributed by atoms with Crippen LogP contribution in [0.3, 0.4) is 0 Å². The maximum Gasteiger partial charge on any atom is -0.0315 e. The van der Waals surface area contributed by atoms with Crippen LogP contribution in [0.1, 0.15) is 92.9 Å². The predicted octanol–water partition coefficient (Wildman–Crippen LogP) is 6.76. The van der Waals surface area contributed by atoms with E-state index in [-0.39, 0.29) is 0 Å². The molecule has 2 saturated carbocycles. The third kappa shape index (κ3) is 3.89. The van der Waals surface area contributed by atoms with Gasteiger partial charge >= 0.3 is 0 Å². The van der Waals surface area contributed by atoms with Gasteiger partial charge < -0.3 is 0 Å². The molecule has 2 aliphatic rings. The van der Waals surface area contributed by atoms with E-state index in [2.05, 4.69) is 41.5 Å². The van der Waals surface area contributed by atoms with Crippen LogP contribution in [0.4, 0.5) is 0 Å². The molecule has 2 aliphatic carbocycles. The Hall–Kier alpha value is -0.260. The largest absolute Gasteiger partial charge is 0.0710 e. The summed E-state index contributed by atoms with van der Waals surface area (Å²) in [5.74, 6) is 1.88. The zero-order valence-electron chi connectivity index (χ0n) is 14.8. The first kappa shape index (κ1) is 16.1. The SMILES string of the molecule is CC(C)(C)C1CCC(=C2CCC(C(C)(C)C)CC2)CC1. The molecule has 20 heavy (non-hydrogen) atoms. The minimum Gasteiger partial charge on any atom is -0.0710 e. The minimum atomic E-state index is 0.514. The average molecular weight is 277 g/mol. The molecule has 0 saturated heterocycles. The Bertz CT molecular complexity index is 302. The highest BCUT2D eigenvalue weighted by molar-refractivity contribution is 5.18. The van der Waals surface area contributed by atoms with E-state index >= 15 is 0 Å². The van der Waals surface area contributed by atoms with Crippen molar-refractivity contribution in [2.45, 2.75) is 92.9 Å². The lowest BCUT2D eigenvalue weighted by Gasteiger charge is -2.38. The Morgan fingerprint density at radius 2 is 0.800 bits per heavy atom. The zero-order chi connectivity index (χ0) is 15.0. The molecule has 0 heteroatoms. The lowest BCUT2D eigenvalue weighted by Crippen LogP contribution is -2.25. The van der Waals surface area contributed by atoms with Gasteiger partial charge in [-0.2, -0.15) is 0 Å². The van der Waals surface area contributed by atoms with E-state index in [1.165, 1.54) is 51.4 Å². The van der Waals surface area contributed by atoms with Gasteiger partial charge in [-0.25, -0.2) is 0 Å². The number of allylic oxidation sites excluding steroid dienone is 2. The van der Waals surface area contributed by atoms with Crippen LogP contribution in [0, 0.1) is 22.7 Å². The predicted molar refractivity (Wildman–Crippen MR) is 89.9 cm³/mol. The quantitative estimate of drug-likeness (QED) is 0.429. The Balaban J connectivity index is 1.91. The topological polar surface area (TPSA) is 0 Å². The second-order valence-corrected chi connectivity index (χ2v) is 9.49. The highest BCUT2D eigenvalue weighted by atomic mass is 14.4. The molecule has 0 atom stereocenters. The fourth-order valence-electron chi connectivity index (χ4n) is 4.37. The van der Waals surface area contributed by atoms with E-state index in [1.54, 1.807) is 0 Å². The second-order valence-electron chi connectivity index (χ2n) is 9.49. The van der Waals surface area contributed by atoms with E-state index in [0.29, 0.717) is 10.8 Å². The van der Waals surface area contributed by atoms with Crippen LogP contribution in [0.5, 0.6) is 0 Å². The highest BCUT2D eigenvalue weighted by Gasteiger charge is 2.31. The van der Waals surface area contributed by atoms with Crippen LogP contribution in [0.25, 0.3) is 0 Å². The summed E-state index contributed by atoms with van der Waals surface area (Å²) >= 11 is 0. The molecule has 0 N–H and O–H groups in total. The van der Waals surface area contributed by atoms with E-state index in [9.17, 15) is 0 Å². The molecule has 0 unspecified atom stereocenters. The van der Waals surface area contributed by atoms with Gasteiger partial charge in [0.15, 0.2) is 0 Å². The summed E-state index contributed by atoms with van der Waals surface area (Å²) in [6, 6.07) is 0. The summed E-state index contributed by atoms with van der Waals surface area (Å²) in [5.41, 5.74) is 4.75. The molecular weight excluding hydrogens is 240 g/mol. The summed E-state index contributed by atoms with van der Waals surface area (Å²) in [4.78, 5) is 0. The van der Waals surface area contributed by atoms with Crippen molar-refractivity contribution in [3.63, 3.8) is 0 Å². The van der Waals surface area contributed by atoms with Crippen molar-refractivity contribution in [1.29, 1.82) is 0 Å². The van der Waals surface area contributed by atoms with Crippen LogP contribution in [-0.4, -0.2) is 0 Å². The molecular formula is C20H36. The van der Waals surface area contributed by atoms with Crippen LogP contribution >= 0.6 is 0 Å². The van der Waals surface area contributed by atoms with Gasteiger partial charge in [-0.1, -0.05) is 52.7 Å². The Morgan fingerprint density at radius 1 is 0.550 bits per heavy atom. The van der Waals surface area contributed by atoms with Crippen LogP contribution in [0.15, 0.2) is 11.1 Å². The summed E-state index contributed by atoms with van der Waals surface area (Å²) in [5, 5.41) is 0. The average Bonchev–Trinajstić information content (AvgIpc) is 2.37. The maximum atomic E-state index is 2.42. The van der Waals surface area contributed by atoms with Crippen molar-refractivity contribution in [3.05, 3.63) is 11.1 Å². The lowest BCUT2D eigenvalue weighted by molar-refractivity contribution is 0.188. The van der Waals surface area contributed by atoms with Crippen molar-refractivity contribution in [2.75, 3.05) is 0 Å². The van der Waals surface area contributed by atoms with E-state index in [4.69, 9.17) is 0 Å². The second kappa shape index (κ2) is 5.85. The molecule has 0 heterocycles. The highest BCUT2D eigenvalue weighted by Crippen LogP contribution is 2.45. The monoisotopic (exact) mass is 276 g/mol. The van der Waals surface area contributed by atoms with Crippen molar-refractivity contribution >= 4 is 0 Å². The zero-order valence-corrected chi connectivity index (χ0v) is 14.8. The van der Waals surface area contributed by atoms with Crippen molar-refractivity contribution < 1.29 is 0 Å². The summed E-state index contributed by atoms with van der Waals surface area (Å²) in [6.45, 7) is 14.5. The minimum absolute atomic E-state index is 0.514. The van der Waals surface area contributed by atoms with Crippen LogP contribution in [-0.2, 0) is 0 Å². The molecule has 0 aromatic heterocycles. The molecule has 0 spiro atoms. The third-order valence-electron chi connectivity index (χ3n) is 6.13. The Kier molecular flexibility index (Phi) is 4.72. The molecule has 2 rings (SSSR count). The van der Waals surface area contributed by atoms with Gasteiger partial charge in [-0.05, 0) is 74.0 Å². The fraction of sp³-hybridized carbons (Fsp3) is 0.900. The van der Waals surface area contributed by atoms with Crippen LogP contribution < -0.4 is 0 Å². The molecule has 0 amide bonds. The molecule has 0 aliphatic heterocycles. The van der Waals surface area contributed by atoms with Gasteiger partial charge in [-0.3, -0.25) is 0 Å². The molecule has 2 fully saturated rings. The van der Waals surface area contributed by atoms with Crippen molar-refractivity contribution in [2.24, 2.45) is 22.7 Å². The molecule has 116 valence electrons. The van der Waals surface area contributed by atoms with E-state index in [0.717, 1.165) is 11.8 Å². The molecule has 0 bridgehead atoms. The number of hydrogen-bond acceptors (Lipinski definition) is 0. The first-order valence-corrected chi connectivity index (χ1v) is 8.87. The van der Waals surface area contributed by atoms with Crippen molar-refractivity contribution in [3.8, 4) is 0 Å². The molecule has 0 nitrogen and oxygen atoms in total. The van der Waals surface area contributed by atoms with Gasteiger partial charge in [0.1, 0.15) is 0 Å². The van der Waals surface area contributed by atoms with Gasteiger partial charge in [0.05, 0.1) is 0 Å². The molecule has 0 aromatic carbocycles. The first-order valence-electron chi connectivity index (χ1n) is 8.87. The van der Waals surface area contributed by atoms with Crippen LogP contribution in [0.2, 0.25) is 0 Å². The molecule has 0 radical (unpaired) electrons. The maximum absolute atomic E-state index is 2.42. The number of rotatable bonds is 0. The first-order chi connectivity index (χ1) is 9.18.